The van der Waals surface area contributed by atoms with Crippen LogP contribution in [0.5, 0.6) is 5.75 Å². The zero-order valence-corrected chi connectivity index (χ0v) is 21.4. The molecular weight excluding hydrogens is 478 g/mol. The maximum absolute atomic E-state index is 13.8. The zero-order valence-electron chi connectivity index (χ0n) is 21.4. The summed E-state index contributed by atoms with van der Waals surface area (Å²) in [5.74, 6) is 1.40. The van der Waals surface area contributed by atoms with Gasteiger partial charge in [0, 0.05) is 36.1 Å². The van der Waals surface area contributed by atoms with Crippen molar-refractivity contribution in [2.45, 2.75) is 43.9 Å². The third-order valence-corrected chi connectivity index (χ3v) is 7.91. The summed E-state index contributed by atoms with van der Waals surface area (Å²) in [5, 5.41) is 16.7. The number of aliphatic hydroxyl groups is 1. The van der Waals surface area contributed by atoms with Crippen LogP contribution >= 0.6 is 0 Å². The minimum atomic E-state index is -0.593. The molecule has 0 bridgehead atoms. The number of amides is 1. The number of anilines is 3. The summed E-state index contributed by atoms with van der Waals surface area (Å²) < 4.78 is 7.44. The van der Waals surface area contributed by atoms with E-state index < -0.39 is 6.04 Å². The van der Waals surface area contributed by atoms with Crippen LogP contribution in [0.2, 0.25) is 0 Å². The third-order valence-electron chi connectivity index (χ3n) is 7.91. The lowest BCUT2D eigenvalue weighted by molar-refractivity contribution is -0.118. The number of piperidine rings is 1. The van der Waals surface area contributed by atoms with Gasteiger partial charge in [0.1, 0.15) is 17.6 Å². The summed E-state index contributed by atoms with van der Waals surface area (Å²) in [6, 6.07) is 20.0. The van der Waals surface area contributed by atoms with Crippen molar-refractivity contribution in [1.82, 2.24) is 9.55 Å². The Morgan fingerprint density at radius 3 is 2.53 bits per heavy atom. The van der Waals surface area contributed by atoms with Gasteiger partial charge in [0.2, 0.25) is 0 Å². The van der Waals surface area contributed by atoms with E-state index in [9.17, 15) is 9.90 Å². The summed E-state index contributed by atoms with van der Waals surface area (Å²) >= 11 is 0. The fourth-order valence-corrected chi connectivity index (χ4v) is 5.66. The molecule has 4 aromatic rings. The monoisotopic (exact) mass is 509 g/mol. The molecule has 7 rings (SSSR count). The van der Waals surface area contributed by atoms with Gasteiger partial charge in [0.05, 0.1) is 29.9 Å². The van der Waals surface area contributed by atoms with Crippen molar-refractivity contribution in [3.63, 3.8) is 0 Å². The van der Waals surface area contributed by atoms with Crippen LogP contribution in [0.25, 0.3) is 22.4 Å². The number of fused-ring (bicyclic) bond motifs is 5. The van der Waals surface area contributed by atoms with E-state index >= 15 is 0 Å². The highest BCUT2D eigenvalue weighted by Gasteiger charge is 2.33. The van der Waals surface area contributed by atoms with Crippen LogP contribution in [0.3, 0.4) is 0 Å². The van der Waals surface area contributed by atoms with Crippen LogP contribution < -0.4 is 20.3 Å². The van der Waals surface area contributed by atoms with Gasteiger partial charge in [-0.2, -0.15) is 0 Å². The summed E-state index contributed by atoms with van der Waals surface area (Å²) in [7, 11) is 1.64. The SMILES string of the molecule is COc1ccc(C2C(=O)Nc3ccc(NC4CC4)cc3-c3nc4cc(N5CCC(O)CC5)ccc4n32)cc1. The Labute approximate surface area is 221 Å². The van der Waals surface area contributed by atoms with Gasteiger partial charge >= 0.3 is 0 Å². The van der Waals surface area contributed by atoms with Gasteiger partial charge in [-0.3, -0.25) is 4.79 Å². The Bertz CT molecular complexity index is 1520. The number of hydrogen-bond donors (Lipinski definition) is 3. The van der Waals surface area contributed by atoms with Crippen LogP contribution in [0.15, 0.2) is 60.7 Å². The van der Waals surface area contributed by atoms with Gasteiger partial charge in [-0.05, 0) is 79.8 Å². The fraction of sp³-hybridized carbons (Fsp3) is 0.333. The molecule has 1 aliphatic carbocycles. The third kappa shape index (κ3) is 4.05. The molecule has 3 heterocycles. The Balaban J connectivity index is 1.39. The van der Waals surface area contributed by atoms with Gasteiger partial charge in [0.25, 0.3) is 5.91 Å². The fourth-order valence-electron chi connectivity index (χ4n) is 5.66. The number of nitrogens with one attached hydrogen (secondary N) is 2. The molecule has 0 radical (unpaired) electrons. The first kappa shape index (κ1) is 23.1. The molecule has 8 nitrogen and oxygen atoms in total. The van der Waals surface area contributed by atoms with Crippen LogP contribution in [0, 0.1) is 0 Å². The number of hydrogen-bond acceptors (Lipinski definition) is 6. The average molecular weight is 510 g/mol. The second-order valence-electron chi connectivity index (χ2n) is 10.5. The molecule has 1 amide bonds. The number of carbonyl (C=O) groups is 1. The van der Waals surface area contributed by atoms with Crippen molar-refractivity contribution >= 4 is 34.0 Å². The van der Waals surface area contributed by atoms with Crippen molar-refractivity contribution < 1.29 is 14.6 Å². The maximum atomic E-state index is 13.8. The number of methoxy groups -OCH3 is 1. The number of aromatic nitrogens is 2. The first-order valence-corrected chi connectivity index (χ1v) is 13.4. The lowest BCUT2D eigenvalue weighted by Gasteiger charge is -2.31. The molecule has 3 N–H and O–H groups in total. The number of aliphatic hydroxyl groups excluding tert-OH is 1. The second-order valence-corrected chi connectivity index (χ2v) is 10.5. The van der Waals surface area contributed by atoms with Crippen LogP contribution in [0.1, 0.15) is 37.3 Å². The predicted octanol–water partition coefficient (Wildman–Crippen LogP) is 4.79. The molecule has 194 valence electrons. The Morgan fingerprint density at radius 2 is 1.79 bits per heavy atom. The van der Waals surface area contributed by atoms with E-state index in [1.54, 1.807) is 7.11 Å². The van der Waals surface area contributed by atoms with E-state index in [-0.39, 0.29) is 12.0 Å². The molecular formula is C30H31N5O3. The van der Waals surface area contributed by atoms with Crippen LogP contribution in [-0.2, 0) is 4.79 Å². The van der Waals surface area contributed by atoms with Crippen LogP contribution in [0.4, 0.5) is 17.1 Å². The highest BCUT2D eigenvalue weighted by Crippen LogP contribution is 2.41. The van der Waals surface area contributed by atoms with Crippen molar-refractivity contribution in [2.24, 2.45) is 0 Å². The molecule has 1 aromatic heterocycles. The summed E-state index contributed by atoms with van der Waals surface area (Å²) in [6.45, 7) is 1.63. The molecule has 38 heavy (non-hydrogen) atoms. The van der Waals surface area contributed by atoms with Crippen molar-refractivity contribution in [3.05, 3.63) is 66.2 Å². The normalized spacial score (nSPS) is 19.5. The smallest absolute Gasteiger partial charge is 0.252 e. The predicted molar refractivity (Wildman–Crippen MR) is 149 cm³/mol. The van der Waals surface area contributed by atoms with Gasteiger partial charge < -0.3 is 29.9 Å². The average Bonchev–Trinajstić information content (AvgIpc) is 3.70. The van der Waals surface area contributed by atoms with Crippen molar-refractivity contribution in [1.29, 1.82) is 0 Å². The van der Waals surface area contributed by atoms with Gasteiger partial charge in [-0.25, -0.2) is 4.98 Å². The maximum Gasteiger partial charge on any atom is 0.252 e. The summed E-state index contributed by atoms with van der Waals surface area (Å²) in [4.78, 5) is 21.3. The van der Waals surface area contributed by atoms with E-state index in [4.69, 9.17) is 9.72 Å². The quantitative estimate of drug-likeness (QED) is 0.358. The number of benzene rings is 3. The lowest BCUT2D eigenvalue weighted by Crippen LogP contribution is -2.35. The topological polar surface area (TPSA) is 91.7 Å². The van der Waals surface area contributed by atoms with Crippen molar-refractivity contribution in [2.75, 3.05) is 35.7 Å². The number of imidazole rings is 1. The zero-order chi connectivity index (χ0) is 25.8. The molecule has 3 aromatic carbocycles. The molecule has 1 unspecified atom stereocenters. The molecule has 2 aliphatic heterocycles. The molecule has 1 saturated heterocycles. The number of carbonyl (C=O) groups excluding carboxylic acids is 1. The number of ether oxygens (including phenoxy) is 1. The molecule has 2 fully saturated rings. The van der Waals surface area contributed by atoms with E-state index in [1.165, 1.54) is 12.8 Å². The largest absolute Gasteiger partial charge is 0.497 e. The minimum Gasteiger partial charge on any atom is -0.497 e. The highest BCUT2D eigenvalue weighted by molar-refractivity contribution is 6.03. The van der Waals surface area contributed by atoms with E-state index in [0.29, 0.717) is 6.04 Å². The van der Waals surface area contributed by atoms with E-state index in [0.717, 1.165) is 76.7 Å². The molecule has 3 aliphatic rings. The van der Waals surface area contributed by atoms with Crippen LogP contribution in [-0.4, -0.2) is 52.9 Å². The Hall–Kier alpha value is -4.04. The number of rotatable bonds is 5. The van der Waals surface area contributed by atoms with Gasteiger partial charge in [0.15, 0.2) is 0 Å². The molecule has 1 saturated carbocycles. The molecule has 1 atom stereocenters. The Morgan fingerprint density at radius 1 is 1.00 bits per heavy atom. The first-order chi connectivity index (χ1) is 18.6. The van der Waals surface area contributed by atoms with E-state index in [1.807, 2.05) is 36.4 Å². The summed E-state index contributed by atoms with van der Waals surface area (Å²) in [5.41, 5.74) is 6.41. The van der Waals surface area contributed by atoms with Crippen molar-refractivity contribution in [3.8, 4) is 17.1 Å². The minimum absolute atomic E-state index is 0.105. The summed E-state index contributed by atoms with van der Waals surface area (Å²) in [6.07, 6.45) is 3.67. The van der Waals surface area contributed by atoms with E-state index in [2.05, 4.69) is 44.4 Å². The first-order valence-electron chi connectivity index (χ1n) is 13.4. The number of nitrogens with zero attached hydrogens (tertiary/aromatic N) is 3. The Kier molecular flexibility index (Phi) is 5.51. The lowest BCUT2D eigenvalue weighted by atomic mass is 10.0. The highest BCUT2D eigenvalue weighted by atomic mass is 16.5. The van der Waals surface area contributed by atoms with Gasteiger partial charge in [-0.15, -0.1) is 0 Å². The van der Waals surface area contributed by atoms with Gasteiger partial charge in [-0.1, -0.05) is 12.1 Å². The standard InChI is InChI=1S/C30H31N5O3/c1-38-23-8-2-18(3-9-23)28-30(37)33-25-10-6-20(31-19-4-5-19)16-24(25)29-32-26-17-21(7-11-27(26)35(28)29)34-14-12-22(36)13-15-34/h2-3,6-11,16-17,19,22,28,31,36H,4-5,12-15H2,1H3,(H,33,37). The second kappa shape index (κ2) is 9.06. The molecule has 0 spiro atoms. The molecule has 8 heteroatoms.